The molecule has 1 heterocycles. The van der Waals surface area contributed by atoms with Crippen LogP contribution in [0.5, 0.6) is 0 Å². The van der Waals surface area contributed by atoms with Crippen LogP contribution in [0.25, 0.3) is 0 Å². The Kier molecular flexibility index (Phi) is 4.37. The molecule has 1 aromatic heterocycles. The summed E-state index contributed by atoms with van der Waals surface area (Å²) >= 11 is 5.40. The molecule has 0 aliphatic carbocycles. The van der Waals surface area contributed by atoms with E-state index in [0.717, 1.165) is 0 Å². The van der Waals surface area contributed by atoms with Crippen LogP contribution >= 0.6 is 27.3 Å². The van der Waals surface area contributed by atoms with Gasteiger partial charge in [0.15, 0.2) is 0 Å². The first-order valence-corrected chi connectivity index (χ1v) is 7.39. The van der Waals surface area contributed by atoms with E-state index in [1.807, 2.05) is 6.07 Å². The quantitative estimate of drug-likeness (QED) is 0.845. The second kappa shape index (κ2) is 5.80. The lowest BCUT2D eigenvalue weighted by molar-refractivity contribution is 0.499. The molecule has 1 aromatic carbocycles. The predicted molar refractivity (Wildman–Crippen MR) is 78.4 cm³/mol. The van der Waals surface area contributed by atoms with Crippen molar-refractivity contribution >= 4 is 27.3 Å². The number of nitrogens with one attached hydrogen (secondary N) is 1. The zero-order valence-corrected chi connectivity index (χ0v) is 12.4. The van der Waals surface area contributed by atoms with Crippen LogP contribution < -0.4 is 5.32 Å². The van der Waals surface area contributed by atoms with Crippen LogP contribution in [0.2, 0.25) is 0 Å². The number of hydrogen-bond acceptors (Lipinski definition) is 2. The SMILES string of the molecule is CC(N[C@@H](C)c1cccs1)c1ccccc1Br. The van der Waals surface area contributed by atoms with Crippen molar-refractivity contribution < 1.29 is 0 Å². The van der Waals surface area contributed by atoms with Crippen LogP contribution in [-0.2, 0) is 0 Å². The molecule has 2 atom stereocenters. The molecule has 0 amide bonds. The van der Waals surface area contributed by atoms with Crippen molar-refractivity contribution in [1.29, 1.82) is 0 Å². The highest BCUT2D eigenvalue weighted by molar-refractivity contribution is 9.10. The lowest BCUT2D eigenvalue weighted by Gasteiger charge is -2.20. The molecule has 0 aliphatic rings. The van der Waals surface area contributed by atoms with Crippen LogP contribution in [0.15, 0.2) is 46.3 Å². The summed E-state index contributed by atoms with van der Waals surface area (Å²) in [6.07, 6.45) is 0. The molecule has 0 aliphatic heterocycles. The van der Waals surface area contributed by atoms with E-state index in [-0.39, 0.29) is 0 Å². The average molecular weight is 310 g/mol. The highest BCUT2D eigenvalue weighted by Gasteiger charge is 2.13. The Morgan fingerprint density at radius 1 is 1.06 bits per heavy atom. The van der Waals surface area contributed by atoms with Gasteiger partial charge < -0.3 is 5.32 Å². The van der Waals surface area contributed by atoms with E-state index in [1.165, 1.54) is 14.9 Å². The summed E-state index contributed by atoms with van der Waals surface area (Å²) < 4.78 is 1.17. The molecule has 0 bridgehead atoms. The molecule has 1 unspecified atom stereocenters. The number of hydrogen-bond donors (Lipinski definition) is 1. The van der Waals surface area contributed by atoms with E-state index in [1.54, 1.807) is 11.3 Å². The lowest BCUT2D eigenvalue weighted by Crippen LogP contribution is -2.22. The zero-order chi connectivity index (χ0) is 12.3. The lowest BCUT2D eigenvalue weighted by atomic mass is 10.1. The number of halogens is 1. The molecule has 0 spiro atoms. The van der Waals surface area contributed by atoms with Gasteiger partial charge in [0, 0.05) is 21.4 Å². The van der Waals surface area contributed by atoms with Crippen LogP contribution in [0.4, 0.5) is 0 Å². The van der Waals surface area contributed by atoms with E-state index < -0.39 is 0 Å². The Bertz CT molecular complexity index is 467. The van der Waals surface area contributed by atoms with E-state index >= 15 is 0 Å². The van der Waals surface area contributed by atoms with Gasteiger partial charge in [0.25, 0.3) is 0 Å². The summed E-state index contributed by atoms with van der Waals surface area (Å²) in [4.78, 5) is 1.38. The van der Waals surface area contributed by atoms with Crippen LogP contribution in [0.3, 0.4) is 0 Å². The molecule has 17 heavy (non-hydrogen) atoms. The fourth-order valence-electron chi connectivity index (χ4n) is 1.91. The molecule has 90 valence electrons. The minimum atomic E-state index is 0.336. The highest BCUT2D eigenvalue weighted by Crippen LogP contribution is 2.26. The summed E-state index contributed by atoms with van der Waals surface area (Å²) in [5.74, 6) is 0. The molecule has 1 N–H and O–H groups in total. The number of benzene rings is 1. The third-order valence-electron chi connectivity index (χ3n) is 2.84. The van der Waals surface area contributed by atoms with Crippen LogP contribution in [0, 0.1) is 0 Å². The summed E-state index contributed by atoms with van der Waals surface area (Å²) in [5.41, 5.74) is 1.30. The second-order valence-corrected chi connectivity index (χ2v) is 5.98. The van der Waals surface area contributed by atoms with Crippen molar-refractivity contribution in [3.05, 3.63) is 56.7 Å². The maximum atomic E-state index is 3.62. The van der Waals surface area contributed by atoms with Crippen LogP contribution in [-0.4, -0.2) is 0 Å². The van der Waals surface area contributed by atoms with Crippen molar-refractivity contribution in [3.63, 3.8) is 0 Å². The van der Waals surface area contributed by atoms with Gasteiger partial charge in [0.05, 0.1) is 0 Å². The van der Waals surface area contributed by atoms with E-state index in [2.05, 4.69) is 70.8 Å². The fraction of sp³-hybridized carbons (Fsp3) is 0.286. The van der Waals surface area contributed by atoms with E-state index in [9.17, 15) is 0 Å². The first-order chi connectivity index (χ1) is 8.18. The third kappa shape index (κ3) is 3.18. The summed E-state index contributed by atoms with van der Waals surface area (Å²) in [6, 6.07) is 13.4. The summed E-state index contributed by atoms with van der Waals surface area (Å²) in [5, 5.41) is 5.74. The summed E-state index contributed by atoms with van der Waals surface area (Å²) in [6.45, 7) is 4.41. The minimum Gasteiger partial charge on any atom is -0.303 e. The predicted octanol–water partition coefficient (Wildman–Crippen LogP) is 4.92. The maximum absolute atomic E-state index is 3.62. The Balaban J connectivity index is 2.07. The molecule has 2 aromatic rings. The normalized spacial score (nSPS) is 14.5. The van der Waals surface area contributed by atoms with Crippen molar-refractivity contribution in [2.75, 3.05) is 0 Å². The number of rotatable bonds is 4. The molecule has 0 saturated carbocycles. The Hall–Kier alpha value is -0.640. The van der Waals surface area contributed by atoms with Gasteiger partial charge in [-0.2, -0.15) is 0 Å². The van der Waals surface area contributed by atoms with Crippen molar-refractivity contribution in [2.45, 2.75) is 25.9 Å². The summed E-state index contributed by atoms with van der Waals surface area (Å²) in [7, 11) is 0. The molecule has 2 rings (SSSR count). The van der Waals surface area contributed by atoms with Gasteiger partial charge in [-0.15, -0.1) is 11.3 Å². The largest absolute Gasteiger partial charge is 0.303 e. The average Bonchev–Trinajstić information content (AvgIpc) is 2.82. The first-order valence-electron chi connectivity index (χ1n) is 5.72. The molecular weight excluding hydrogens is 294 g/mol. The van der Waals surface area contributed by atoms with E-state index in [0.29, 0.717) is 12.1 Å². The highest BCUT2D eigenvalue weighted by atomic mass is 79.9. The van der Waals surface area contributed by atoms with Gasteiger partial charge in [-0.1, -0.05) is 40.2 Å². The maximum Gasteiger partial charge on any atom is 0.0391 e. The van der Waals surface area contributed by atoms with Crippen molar-refractivity contribution in [3.8, 4) is 0 Å². The van der Waals surface area contributed by atoms with Crippen molar-refractivity contribution in [1.82, 2.24) is 5.32 Å². The van der Waals surface area contributed by atoms with Gasteiger partial charge in [-0.05, 0) is 36.9 Å². The molecule has 0 fully saturated rings. The van der Waals surface area contributed by atoms with Crippen LogP contribution in [0.1, 0.15) is 36.4 Å². The molecule has 0 radical (unpaired) electrons. The fourth-order valence-corrected chi connectivity index (χ4v) is 3.28. The standard InChI is InChI=1S/C14H16BrNS/c1-10(12-6-3-4-7-13(12)15)16-11(2)14-8-5-9-17-14/h3-11,16H,1-2H3/t10?,11-/m0/s1. The Morgan fingerprint density at radius 2 is 1.82 bits per heavy atom. The zero-order valence-electron chi connectivity index (χ0n) is 9.98. The van der Waals surface area contributed by atoms with Gasteiger partial charge >= 0.3 is 0 Å². The van der Waals surface area contributed by atoms with E-state index in [4.69, 9.17) is 0 Å². The van der Waals surface area contributed by atoms with Crippen molar-refractivity contribution in [2.24, 2.45) is 0 Å². The van der Waals surface area contributed by atoms with Gasteiger partial charge in [0.1, 0.15) is 0 Å². The monoisotopic (exact) mass is 309 g/mol. The molecular formula is C14H16BrNS. The first kappa shape index (κ1) is 12.8. The molecule has 0 saturated heterocycles. The third-order valence-corrected chi connectivity index (χ3v) is 4.62. The molecule has 3 heteroatoms. The van der Waals surface area contributed by atoms with Gasteiger partial charge in [0.2, 0.25) is 0 Å². The minimum absolute atomic E-state index is 0.336. The Labute approximate surface area is 115 Å². The van der Waals surface area contributed by atoms with Gasteiger partial charge in [-0.3, -0.25) is 0 Å². The molecule has 1 nitrogen and oxygen atoms in total. The smallest absolute Gasteiger partial charge is 0.0391 e. The van der Waals surface area contributed by atoms with Gasteiger partial charge in [-0.25, -0.2) is 0 Å². The Morgan fingerprint density at radius 3 is 2.47 bits per heavy atom. The second-order valence-electron chi connectivity index (χ2n) is 4.15. The topological polar surface area (TPSA) is 12.0 Å². The number of thiophene rings is 1.